The Morgan fingerprint density at radius 3 is 2.71 bits per heavy atom. The van der Waals surface area contributed by atoms with E-state index < -0.39 is 11.9 Å². The van der Waals surface area contributed by atoms with Gasteiger partial charge >= 0.3 is 5.97 Å². The summed E-state index contributed by atoms with van der Waals surface area (Å²) in [7, 11) is 1.30. The Morgan fingerprint density at radius 1 is 1.18 bits per heavy atom. The van der Waals surface area contributed by atoms with Gasteiger partial charge in [-0.3, -0.25) is 9.59 Å². The molecule has 2 amide bonds. The van der Waals surface area contributed by atoms with Crippen LogP contribution in [-0.4, -0.2) is 38.0 Å². The van der Waals surface area contributed by atoms with Crippen LogP contribution < -0.4 is 15.0 Å². The van der Waals surface area contributed by atoms with E-state index in [2.05, 4.69) is 5.32 Å². The molecule has 1 saturated heterocycles. The van der Waals surface area contributed by atoms with Gasteiger partial charge in [0.05, 0.1) is 30.9 Å². The minimum atomic E-state index is -0.496. The number of carbonyl (C=O) groups excluding carboxylic acids is 3. The molecular formula is C21H22N2O5. The number of rotatable bonds is 6. The second-order valence-electron chi connectivity index (χ2n) is 6.37. The number of methoxy groups -OCH3 is 1. The summed E-state index contributed by atoms with van der Waals surface area (Å²) in [6.07, 6.45) is 0.102. The van der Waals surface area contributed by atoms with Gasteiger partial charge in [0.2, 0.25) is 11.8 Å². The molecule has 2 aromatic rings. The molecule has 0 aromatic heterocycles. The summed E-state index contributed by atoms with van der Waals surface area (Å²) in [5.41, 5.74) is 1.50. The highest BCUT2D eigenvalue weighted by molar-refractivity contribution is 6.04. The first-order valence-corrected chi connectivity index (χ1v) is 9.05. The van der Waals surface area contributed by atoms with Crippen LogP contribution in [-0.2, 0) is 14.3 Å². The number of hydrogen-bond donors (Lipinski definition) is 1. The van der Waals surface area contributed by atoms with Crippen molar-refractivity contribution >= 4 is 29.2 Å². The quantitative estimate of drug-likeness (QED) is 0.777. The molecule has 0 radical (unpaired) electrons. The van der Waals surface area contributed by atoms with Crippen LogP contribution in [0.4, 0.5) is 11.4 Å². The van der Waals surface area contributed by atoms with Crippen molar-refractivity contribution in [1.29, 1.82) is 0 Å². The normalized spacial score (nSPS) is 16.0. The number of hydrogen-bond acceptors (Lipinski definition) is 5. The summed E-state index contributed by atoms with van der Waals surface area (Å²) in [6.45, 7) is 2.60. The molecule has 7 heteroatoms. The van der Waals surface area contributed by atoms with Crippen molar-refractivity contribution in [3.63, 3.8) is 0 Å². The Bertz CT molecular complexity index is 896. The maximum absolute atomic E-state index is 12.7. The van der Waals surface area contributed by atoms with E-state index in [1.54, 1.807) is 36.4 Å². The molecule has 2 aromatic carbocycles. The van der Waals surface area contributed by atoms with Crippen LogP contribution in [0, 0.1) is 5.92 Å². The van der Waals surface area contributed by atoms with Gasteiger partial charge in [-0.05, 0) is 37.3 Å². The lowest BCUT2D eigenvalue weighted by atomic mass is 10.1. The topological polar surface area (TPSA) is 84.9 Å². The molecule has 1 heterocycles. The average Bonchev–Trinajstić information content (AvgIpc) is 3.11. The smallest absolute Gasteiger partial charge is 0.337 e. The van der Waals surface area contributed by atoms with E-state index in [4.69, 9.17) is 9.47 Å². The van der Waals surface area contributed by atoms with E-state index in [0.717, 1.165) is 0 Å². The Hall–Kier alpha value is -3.35. The van der Waals surface area contributed by atoms with E-state index in [-0.39, 0.29) is 24.8 Å². The second kappa shape index (κ2) is 8.56. The summed E-state index contributed by atoms with van der Waals surface area (Å²) in [4.78, 5) is 38.4. The predicted molar refractivity (Wildman–Crippen MR) is 104 cm³/mol. The molecule has 1 fully saturated rings. The van der Waals surface area contributed by atoms with Crippen LogP contribution >= 0.6 is 0 Å². The summed E-state index contributed by atoms with van der Waals surface area (Å²) < 4.78 is 10.2. The zero-order chi connectivity index (χ0) is 20.1. The molecule has 1 aliphatic rings. The van der Waals surface area contributed by atoms with Crippen LogP contribution in [0.25, 0.3) is 0 Å². The maximum Gasteiger partial charge on any atom is 0.337 e. The first kappa shape index (κ1) is 19.4. The van der Waals surface area contributed by atoms with Gasteiger partial charge in [-0.25, -0.2) is 4.79 Å². The first-order valence-electron chi connectivity index (χ1n) is 9.05. The highest BCUT2D eigenvalue weighted by Gasteiger charge is 2.35. The minimum absolute atomic E-state index is 0.102. The van der Waals surface area contributed by atoms with Crippen LogP contribution in [0.15, 0.2) is 48.5 Å². The van der Waals surface area contributed by atoms with Gasteiger partial charge in [-0.1, -0.05) is 18.2 Å². The third-order valence-electron chi connectivity index (χ3n) is 4.52. The molecule has 0 aliphatic carbocycles. The zero-order valence-electron chi connectivity index (χ0n) is 15.8. The summed E-state index contributed by atoms with van der Waals surface area (Å²) in [5.74, 6) is -0.794. The number of amides is 2. The van der Waals surface area contributed by atoms with Crippen molar-refractivity contribution in [2.24, 2.45) is 5.92 Å². The number of esters is 1. The van der Waals surface area contributed by atoms with Crippen molar-refractivity contribution in [2.45, 2.75) is 13.3 Å². The Balaban J connectivity index is 1.72. The Labute approximate surface area is 163 Å². The summed E-state index contributed by atoms with van der Waals surface area (Å²) >= 11 is 0. The van der Waals surface area contributed by atoms with Crippen LogP contribution in [0.1, 0.15) is 23.7 Å². The second-order valence-corrected chi connectivity index (χ2v) is 6.37. The molecule has 1 unspecified atom stereocenters. The van der Waals surface area contributed by atoms with Gasteiger partial charge in [-0.15, -0.1) is 0 Å². The summed E-state index contributed by atoms with van der Waals surface area (Å²) in [6, 6.07) is 13.8. The maximum atomic E-state index is 12.7. The van der Waals surface area contributed by atoms with Gasteiger partial charge in [-0.2, -0.15) is 0 Å². The number of ether oxygens (including phenoxy) is 2. The van der Waals surface area contributed by atoms with Crippen molar-refractivity contribution in [3.05, 3.63) is 54.1 Å². The van der Waals surface area contributed by atoms with Gasteiger partial charge in [0.1, 0.15) is 5.75 Å². The van der Waals surface area contributed by atoms with Crippen LogP contribution in [0.3, 0.4) is 0 Å². The van der Waals surface area contributed by atoms with Gasteiger partial charge < -0.3 is 19.7 Å². The zero-order valence-corrected chi connectivity index (χ0v) is 15.8. The van der Waals surface area contributed by atoms with Gasteiger partial charge in [0.15, 0.2) is 0 Å². The van der Waals surface area contributed by atoms with Crippen LogP contribution in [0.2, 0.25) is 0 Å². The fourth-order valence-electron chi connectivity index (χ4n) is 3.14. The Kier molecular flexibility index (Phi) is 5.93. The molecule has 1 N–H and O–H groups in total. The average molecular weight is 382 g/mol. The molecule has 146 valence electrons. The van der Waals surface area contributed by atoms with E-state index in [1.165, 1.54) is 12.0 Å². The highest BCUT2D eigenvalue weighted by atomic mass is 16.5. The molecule has 7 nitrogen and oxygen atoms in total. The fourth-order valence-corrected chi connectivity index (χ4v) is 3.14. The molecular weight excluding hydrogens is 360 g/mol. The predicted octanol–water partition coefficient (Wildman–Crippen LogP) is 2.86. The molecule has 0 spiro atoms. The number of para-hydroxylation sites is 2. The van der Waals surface area contributed by atoms with Crippen molar-refractivity contribution in [1.82, 2.24) is 0 Å². The van der Waals surface area contributed by atoms with E-state index in [9.17, 15) is 14.4 Å². The van der Waals surface area contributed by atoms with Crippen LogP contribution in [0.5, 0.6) is 5.75 Å². The summed E-state index contributed by atoms with van der Waals surface area (Å²) in [5, 5.41) is 2.85. The monoisotopic (exact) mass is 382 g/mol. The standard InChI is InChI=1S/C21H22N2O5/c1-3-28-18-10-5-4-9-17(18)22-20(25)15-12-19(24)23(13-15)16-8-6-7-14(11-16)21(26)27-2/h4-11,15H,3,12-13H2,1-2H3,(H,22,25). The third-order valence-corrected chi connectivity index (χ3v) is 4.52. The number of nitrogens with zero attached hydrogens (tertiary/aromatic N) is 1. The third kappa shape index (κ3) is 4.14. The number of nitrogens with one attached hydrogen (secondary N) is 1. The van der Waals surface area contributed by atoms with E-state index in [0.29, 0.717) is 29.3 Å². The van der Waals surface area contributed by atoms with Crippen molar-refractivity contribution in [2.75, 3.05) is 30.5 Å². The highest BCUT2D eigenvalue weighted by Crippen LogP contribution is 2.29. The molecule has 0 saturated carbocycles. The van der Waals surface area contributed by atoms with Crippen molar-refractivity contribution < 1.29 is 23.9 Å². The first-order chi connectivity index (χ1) is 13.5. The fraction of sp³-hybridized carbons (Fsp3) is 0.286. The number of carbonyl (C=O) groups is 3. The lowest BCUT2D eigenvalue weighted by molar-refractivity contribution is -0.122. The van der Waals surface area contributed by atoms with Gasteiger partial charge in [0.25, 0.3) is 0 Å². The van der Waals surface area contributed by atoms with Crippen molar-refractivity contribution in [3.8, 4) is 5.75 Å². The molecule has 0 bridgehead atoms. The Morgan fingerprint density at radius 2 is 1.96 bits per heavy atom. The minimum Gasteiger partial charge on any atom is -0.492 e. The van der Waals surface area contributed by atoms with E-state index in [1.807, 2.05) is 19.1 Å². The molecule has 3 rings (SSSR count). The van der Waals surface area contributed by atoms with Gasteiger partial charge in [0, 0.05) is 18.7 Å². The molecule has 1 atom stereocenters. The molecule has 1 aliphatic heterocycles. The molecule has 28 heavy (non-hydrogen) atoms. The lowest BCUT2D eigenvalue weighted by Gasteiger charge is -2.18. The largest absolute Gasteiger partial charge is 0.492 e. The number of anilines is 2. The SMILES string of the molecule is CCOc1ccccc1NC(=O)C1CC(=O)N(c2cccc(C(=O)OC)c2)C1. The lowest BCUT2D eigenvalue weighted by Crippen LogP contribution is -2.28. The number of benzene rings is 2. The van der Waals surface area contributed by atoms with E-state index >= 15 is 0 Å².